The van der Waals surface area contributed by atoms with Gasteiger partial charge in [-0.1, -0.05) is 30.1 Å². The number of hydrogen-bond donors (Lipinski definition) is 1. The first-order valence-corrected chi connectivity index (χ1v) is 6.87. The maximum atomic E-state index is 11.6. The molecule has 1 N–H and O–H groups in total. The minimum absolute atomic E-state index is 0.0534. The van der Waals surface area contributed by atoms with Crippen molar-refractivity contribution in [1.29, 1.82) is 0 Å². The molecule has 5 heteroatoms. The summed E-state index contributed by atoms with van der Waals surface area (Å²) in [5.41, 5.74) is 0.811. The lowest BCUT2D eigenvalue weighted by molar-refractivity contribution is -0.126. The van der Waals surface area contributed by atoms with E-state index in [1.54, 1.807) is 13.3 Å². The molecule has 1 aromatic carbocycles. The normalized spacial score (nSPS) is 15.4. The Morgan fingerprint density at radius 2 is 2.15 bits per heavy atom. The van der Waals surface area contributed by atoms with Gasteiger partial charge < -0.3 is 14.9 Å². The molecule has 1 amide bonds. The van der Waals surface area contributed by atoms with Gasteiger partial charge >= 0.3 is 0 Å². The van der Waals surface area contributed by atoms with E-state index in [4.69, 9.17) is 9.57 Å². The highest BCUT2D eigenvalue weighted by Gasteiger charge is 2.16. The number of nitrogens with zero attached hydrogens (tertiary/aromatic N) is 1. The summed E-state index contributed by atoms with van der Waals surface area (Å²) in [5.74, 6) is 0.601. The molecule has 1 fully saturated rings. The van der Waals surface area contributed by atoms with Crippen LogP contribution in [0.15, 0.2) is 29.4 Å². The fraction of sp³-hybridized carbons (Fsp3) is 0.467. The second kappa shape index (κ2) is 7.53. The van der Waals surface area contributed by atoms with Crippen LogP contribution in [-0.4, -0.2) is 31.9 Å². The fourth-order valence-electron chi connectivity index (χ4n) is 2.30. The Kier molecular flexibility index (Phi) is 5.41. The maximum absolute atomic E-state index is 11.6. The van der Waals surface area contributed by atoms with Gasteiger partial charge in [0.05, 0.1) is 13.3 Å². The van der Waals surface area contributed by atoms with E-state index in [0.29, 0.717) is 6.04 Å². The SMILES string of the molecule is COc1ccccc1/C=N/OCC(=O)NC1CCCC1. The Labute approximate surface area is 118 Å². The van der Waals surface area contributed by atoms with Crippen molar-refractivity contribution in [2.24, 2.45) is 5.16 Å². The minimum Gasteiger partial charge on any atom is -0.496 e. The van der Waals surface area contributed by atoms with E-state index in [1.807, 2.05) is 24.3 Å². The molecular formula is C15H20N2O3. The van der Waals surface area contributed by atoms with Crippen LogP contribution in [0.25, 0.3) is 0 Å². The fourth-order valence-corrected chi connectivity index (χ4v) is 2.30. The molecule has 0 unspecified atom stereocenters. The van der Waals surface area contributed by atoms with Gasteiger partial charge in [-0.05, 0) is 25.0 Å². The Hall–Kier alpha value is -2.04. The zero-order chi connectivity index (χ0) is 14.2. The quantitative estimate of drug-likeness (QED) is 0.639. The number of hydrogen-bond acceptors (Lipinski definition) is 4. The molecule has 0 aliphatic heterocycles. The Balaban J connectivity index is 1.74. The van der Waals surface area contributed by atoms with Crippen molar-refractivity contribution in [2.45, 2.75) is 31.7 Å². The average molecular weight is 276 g/mol. The van der Waals surface area contributed by atoms with Crippen LogP contribution in [0.3, 0.4) is 0 Å². The van der Waals surface area contributed by atoms with Crippen molar-refractivity contribution >= 4 is 12.1 Å². The molecule has 1 aromatic rings. The number of methoxy groups -OCH3 is 1. The van der Waals surface area contributed by atoms with E-state index < -0.39 is 0 Å². The highest BCUT2D eigenvalue weighted by molar-refractivity contribution is 5.83. The molecule has 108 valence electrons. The Morgan fingerprint density at radius 3 is 2.90 bits per heavy atom. The first-order valence-electron chi connectivity index (χ1n) is 6.87. The number of para-hydroxylation sites is 1. The van der Waals surface area contributed by atoms with Gasteiger partial charge in [-0.25, -0.2) is 0 Å². The van der Waals surface area contributed by atoms with E-state index in [0.717, 1.165) is 24.2 Å². The van der Waals surface area contributed by atoms with E-state index in [1.165, 1.54) is 12.8 Å². The van der Waals surface area contributed by atoms with Crippen LogP contribution in [0.5, 0.6) is 5.75 Å². The summed E-state index contributed by atoms with van der Waals surface area (Å²) in [6.07, 6.45) is 6.06. The lowest BCUT2D eigenvalue weighted by atomic mass is 10.2. The summed E-state index contributed by atoms with van der Waals surface area (Å²) >= 11 is 0. The molecule has 0 saturated heterocycles. The van der Waals surface area contributed by atoms with Crippen molar-refractivity contribution in [3.63, 3.8) is 0 Å². The molecule has 0 spiro atoms. The van der Waals surface area contributed by atoms with Gasteiger partial charge in [-0.2, -0.15) is 0 Å². The lowest BCUT2D eigenvalue weighted by Gasteiger charge is -2.10. The van der Waals surface area contributed by atoms with Crippen molar-refractivity contribution < 1.29 is 14.4 Å². The average Bonchev–Trinajstić information content (AvgIpc) is 2.97. The van der Waals surface area contributed by atoms with Crippen molar-refractivity contribution in [3.05, 3.63) is 29.8 Å². The van der Waals surface area contributed by atoms with Crippen LogP contribution in [0.2, 0.25) is 0 Å². The largest absolute Gasteiger partial charge is 0.496 e. The predicted molar refractivity (Wildman–Crippen MR) is 76.9 cm³/mol. The second-order valence-corrected chi connectivity index (χ2v) is 4.80. The summed E-state index contributed by atoms with van der Waals surface area (Å²) in [6, 6.07) is 7.78. The van der Waals surface area contributed by atoms with Gasteiger partial charge in [0.1, 0.15) is 5.75 Å². The highest BCUT2D eigenvalue weighted by atomic mass is 16.6. The van der Waals surface area contributed by atoms with Crippen molar-refractivity contribution in [2.75, 3.05) is 13.7 Å². The summed E-state index contributed by atoms with van der Waals surface area (Å²) < 4.78 is 5.19. The molecule has 0 heterocycles. The molecule has 5 nitrogen and oxygen atoms in total. The summed E-state index contributed by atoms with van der Waals surface area (Å²) in [6.45, 7) is -0.0534. The zero-order valence-electron chi connectivity index (χ0n) is 11.7. The summed E-state index contributed by atoms with van der Waals surface area (Å²) in [4.78, 5) is 16.6. The number of ether oxygens (including phenoxy) is 1. The van der Waals surface area contributed by atoms with Crippen molar-refractivity contribution in [3.8, 4) is 5.75 Å². The third kappa shape index (κ3) is 4.26. The maximum Gasteiger partial charge on any atom is 0.260 e. The van der Waals surface area contributed by atoms with E-state index in [2.05, 4.69) is 10.5 Å². The number of nitrogens with one attached hydrogen (secondary N) is 1. The summed E-state index contributed by atoms with van der Waals surface area (Å²) in [5, 5.41) is 6.74. The van der Waals surface area contributed by atoms with Crippen LogP contribution < -0.4 is 10.1 Å². The molecule has 0 atom stereocenters. The third-order valence-corrected chi connectivity index (χ3v) is 3.32. The summed E-state index contributed by atoms with van der Waals surface area (Å²) in [7, 11) is 1.60. The van der Waals surface area contributed by atoms with Gasteiger partial charge in [0.15, 0.2) is 6.61 Å². The number of rotatable bonds is 6. The number of carbonyl (C=O) groups excluding carboxylic acids is 1. The lowest BCUT2D eigenvalue weighted by Crippen LogP contribution is -2.34. The molecular weight excluding hydrogens is 256 g/mol. The standard InChI is InChI=1S/C15H20N2O3/c1-19-14-9-5-2-6-12(14)10-16-20-11-15(18)17-13-7-3-4-8-13/h2,5-6,9-10,13H,3-4,7-8,11H2,1H3,(H,17,18)/b16-10+. The molecule has 0 radical (unpaired) electrons. The molecule has 1 saturated carbocycles. The third-order valence-electron chi connectivity index (χ3n) is 3.32. The highest BCUT2D eigenvalue weighted by Crippen LogP contribution is 2.17. The first kappa shape index (κ1) is 14.4. The second-order valence-electron chi connectivity index (χ2n) is 4.80. The van der Waals surface area contributed by atoms with Crippen molar-refractivity contribution in [1.82, 2.24) is 5.32 Å². The van der Waals surface area contributed by atoms with Crippen LogP contribution >= 0.6 is 0 Å². The molecule has 1 aliphatic carbocycles. The molecule has 0 bridgehead atoms. The van der Waals surface area contributed by atoms with Crippen LogP contribution in [0.4, 0.5) is 0 Å². The Bertz CT molecular complexity index is 468. The zero-order valence-corrected chi connectivity index (χ0v) is 11.7. The van der Waals surface area contributed by atoms with Crippen LogP contribution in [0.1, 0.15) is 31.2 Å². The molecule has 2 rings (SSSR count). The van der Waals surface area contributed by atoms with Gasteiger partial charge in [-0.3, -0.25) is 4.79 Å². The minimum atomic E-state index is -0.117. The number of oxime groups is 1. The topological polar surface area (TPSA) is 59.9 Å². The van der Waals surface area contributed by atoms with E-state index in [-0.39, 0.29) is 12.5 Å². The number of benzene rings is 1. The molecule has 1 aliphatic rings. The monoisotopic (exact) mass is 276 g/mol. The van der Waals surface area contributed by atoms with Gasteiger partial charge in [0.2, 0.25) is 0 Å². The Morgan fingerprint density at radius 1 is 1.40 bits per heavy atom. The van der Waals surface area contributed by atoms with E-state index in [9.17, 15) is 4.79 Å². The van der Waals surface area contributed by atoms with Gasteiger partial charge in [-0.15, -0.1) is 0 Å². The van der Waals surface area contributed by atoms with E-state index >= 15 is 0 Å². The van der Waals surface area contributed by atoms with Gasteiger partial charge in [0, 0.05) is 11.6 Å². The molecule has 0 aromatic heterocycles. The first-order chi connectivity index (χ1) is 9.79. The number of amides is 1. The van der Waals surface area contributed by atoms with Gasteiger partial charge in [0.25, 0.3) is 5.91 Å². The predicted octanol–water partition coefficient (Wildman–Crippen LogP) is 2.10. The number of carbonyl (C=O) groups is 1. The van der Waals surface area contributed by atoms with Crippen LogP contribution in [0, 0.1) is 0 Å². The smallest absolute Gasteiger partial charge is 0.260 e. The van der Waals surface area contributed by atoms with Crippen LogP contribution in [-0.2, 0) is 9.63 Å². The molecule has 20 heavy (non-hydrogen) atoms.